The zero-order valence-corrected chi connectivity index (χ0v) is 19.4. The van der Waals surface area contributed by atoms with E-state index in [1.54, 1.807) is 19.1 Å². The lowest BCUT2D eigenvalue weighted by molar-refractivity contribution is 0.0183. The Morgan fingerprint density at radius 1 is 1.28 bits per heavy atom. The summed E-state index contributed by atoms with van der Waals surface area (Å²) in [5.74, 6) is 0.979. The van der Waals surface area contributed by atoms with Gasteiger partial charge in [-0.25, -0.2) is 14.2 Å². The van der Waals surface area contributed by atoms with E-state index in [0.717, 1.165) is 20.7 Å². The lowest BCUT2D eigenvalue weighted by Crippen LogP contribution is -2.39. The Labute approximate surface area is 194 Å². The van der Waals surface area contributed by atoms with Gasteiger partial charge >= 0.3 is 6.16 Å². The highest BCUT2D eigenvalue weighted by Gasteiger charge is 2.26. The summed E-state index contributed by atoms with van der Waals surface area (Å²) in [6.45, 7) is 5.79. The fourth-order valence-electron chi connectivity index (χ4n) is 3.59. The second kappa shape index (κ2) is 9.87. The average molecular weight is 479 g/mol. The molecule has 7 nitrogen and oxygen atoms in total. The molecule has 0 aliphatic carbocycles. The van der Waals surface area contributed by atoms with E-state index >= 15 is 0 Å². The number of ether oxygens (including phenoxy) is 2. The molecule has 0 amide bonds. The van der Waals surface area contributed by atoms with E-state index < -0.39 is 6.16 Å². The van der Waals surface area contributed by atoms with Gasteiger partial charge in [-0.15, -0.1) is 11.3 Å². The summed E-state index contributed by atoms with van der Waals surface area (Å²) >= 11 is 8.07. The zero-order valence-electron chi connectivity index (χ0n) is 17.9. The molecule has 0 spiro atoms. The summed E-state index contributed by atoms with van der Waals surface area (Å²) in [5, 5.41) is 4.77. The third kappa shape index (κ3) is 5.05. The van der Waals surface area contributed by atoms with Gasteiger partial charge in [0, 0.05) is 37.4 Å². The minimum atomic E-state index is -0.625. The Balaban J connectivity index is 1.52. The second-order valence-corrected chi connectivity index (χ2v) is 9.07. The average Bonchev–Trinajstić information content (AvgIpc) is 3.07. The van der Waals surface area contributed by atoms with Gasteiger partial charge in [0.1, 0.15) is 22.6 Å². The molecule has 0 atom stereocenters. The van der Waals surface area contributed by atoms with Gasteiger partial charge in [0.05, 0.1) is 17.0 Å². The highest BCUT2D eigenvalue weighted by Crippen LogP contribution is 2.39. The predicted octanol–water partition coefficient (Wildman–Crippen LogP) is 5.55. The van der Waals surface area contributed by atoms with E-state index in [1.807, 2.05) is 6.92 Å². The van der Waals surface area contributed by atoms with Crippen LogP contribution in [0.1, 0.15) is 30.2 Å². The molecule has 1 N–H and O–H groups in total. The van der Waals surface area contributed by atoms with Crippen LogP contribution in [0.4, 0.5) is 21.0 Å². The van der Waals surface area contributed by atoms with Crippen LogP contribution in [0.3, 0.4) is 0 Å². The number of fused-ring (bicyclic) bond motifs is 1. The molecular formula is C22H24ClFN4O3S. The molecule has 0 bridgehead atoms. The molecule has 1 saturated heterocycles. The van der Waals surface area contributed by atoms with E-state index in [9.17, 15) is 9.18 Å². The van der Waals surface area contributed by atoms with Crippen LogP contribution in [0.25, 0.3) is 10.2 Å². The lowest BCUT2D eigenvalue weighted by atomic mass is 10.1. The van der Waals surface area contributed by atoms with Crippen molar-refractivity contribution in [1.82, 2.24) is 9.97 Å². The maximum absolute atomic E-state index is 13.2. The van der Waals surface area contributed by atoms with Gasteiger partial charge in [0.15, 0.2) is 0 Å². The molecule has 3 aromatic rings. The first kappa shape index (κ1) is 22.5. The van der Waals surface area contributed by atoms with E-state index in [2.05, 4.69) is 10.2 Å². The van der Waals surface area contributed by atoms with E-state index in [1.165, 1.54) is 23.5 Å². The normalized spacial score (nSPS) is 14.6. The highest BCUT2D eigenvalue weighted by molar-refractivity contribution is 7.19. The minimum Gasteiger partial charge on any atom is -0.435 e. The van der Waals surface area contributed by atoms with Crippen molar-refractivity contribution in [3.05, 3.63) is 45.5 Å². The number of hydrogen-bond acceptors (Lipinski definition) is 8. The van der Waals surface area contributed by atoms with Crippen LogP contribution < -0.4 is 10.2 Å². The topological polar surface area (TPSA) is 76.6 Å². The van der Waals surface area contributed by atoms with Crippen molar-refractivity contribution in [3.8, 4) is 0 Å². The first-order valence-corrected chi connectivity index (χ1v) is 11.7. The maximum atomic E-state index is 13.2. The van der Waals surface area contributed by atoms with Gasteiger partial charge in [-0.1, -0.05) is 23.7 Å². The third-order valence-electron chi connectivity index (χ3n) is 5.27. The third-order valence-corrected chi connectivity index (χ3v) is 6.85. The minimum absolute atomic E-state index is 0.177. The van der Waals surface area contributed by atoms with Crippen LogP contribution in [0.5, 0.6) is 0 Å². The number of benzene rings is 1. The molecule has 3 heterocycles. The van der Waals surface area contributed by atoms with E-state index in [4.69, 9.17) is 31.0 Å². The van der Waals surface area contributed by atoms with Crippen LogP contribution in [0, 0.1) is 12.7 Å². The number of nitrogens with one attached hydrogen (secondary N) is 1. The van der Waals surface area contributed by atoms with Crippen molar-refractivity contribution in [2.24, 2.45) is 0 Å². The Kier molecular flexibility index (Phi) is 6.95. The number of anilines is 2. The molecule has 4 rings (SSSR count). The summed E-state index contributed by atoms with van der Waals surface area (Å²) in [5.41, 5.74) is 0.930. The Hall–Kier alpha value is -2.65. The largest absolute Gasteiger partial charge is 0.508 e. The number of thiophene rings is 1. The molecule has 2 aromatic heterocycles. The molecule has 10 heteroatoms. The van der Waals surface area contributed by atoms with Crippen LogP contribution in [0.15, 0.2) is 24.3 Å². The lowest BCUT2D eigenvalue weighted by Gasteiger charge is -2.31. The molecule has 0 radical (unpaired) electrons. The quantitative estimate of drug-likeness (QED) is 0.465. The van der Waals surface area contributed by atoms with Gasteiger partial charge in [0.2, 0.25) is 5.95 Å². The van der Waals surface area contributed by atoms with Gasteiger partial charge < -0.3 is 19.7 Å². The Morgan fingerprint density at radius 2 is 2.00 bits per heavy atom. The number of hydrogen-bond donors (Lipinski definition) is 1. The SMILES string of the molecule is CCOC(=O)OC1CCN(c2nc(NCc3ccc(F)cc3)c3c(Cl)c(C)sc3n2)CC1. The molecule has 0 unspecified atom stereocenters. The molecule has 1 fully saturated rings. The fraction of sp³-hybridized carbons (Fsp3) is 0.409. The Bertz CT molecular complexity index is 1100. The molecule has 0 saturated carbocycles. The number of piperidine rings is 1. The van der Waals surface area contributed by atoms with Gasteiger partial charge in [-0.05, 0) is 31.5 Å². The Morgan fingerprint density at radius 3 is 2.69 bits per heavy atom. The van der Waals surface area contributed by atoms with Crippen LogP contribution in [-0.4, -0.2) is 41.9 Å². The number of carbonyl (C=O) groups is 1. The number of aromatic nitrogens is 2. The first-order chi connectivity index (χ1) is 15.4. The van der Waals surface area contributed by atoms with Crippen molar-refractivity contribution in [1.29, 1.82) is 0 Å². The molecule has 1 aromatic carbocycles. The maximum Gasteiger partial charge on any atom is 0.508 e. The fourth-order valence-corrected chi connectivity index (χ4v) is 4.85. The first-order valence-electron chi connectivity index (χ1n) is 10.5. The number of nitrogens with zero attached hydrogens (tertiary/aromatic N) is 3. The molecule has 32 heavy (non-hydrogen) atoms. The summed E-state index contributed by atoms with van der Waals surface area (Å²) in [4.78, 5) is 24.9. The van der Waals surface area contributed by atoms with Gasteiger partial charge in [-0.3, -0.25) is 0 Å². The molecule has 170 valence electrons. The van der Waals surface area contributed by atoms with Crippen molar-refractivity contribution in [2.45, 2.75) is 39.3 Å². The van der Waals surface area contributed by atoms with Gasteiger partial charge in [0.25, 0.3) is 0 Å². The van der Waals surface area contributed by atoms with E-state index in [-0.39, 0.29) is 11.9 Å². The zero-order chi connectivity index (χ0) is 22.7. The summed E-state index contributed by atoms with van der Waals surface area (Å²) < 4.78 is 23.4. The van der Waals surface area contributed by atoms with Crippen LogP contribution in [-0.2, 0) is 16.0 Å². The molecule has 1 aliphatic rings. The number of rotatable bonds is 6. The molecular weight excluding hydrogens is 455 g/mol. The highest BCUT2D eigenvalue weighted by atomic mass is 35.5. The van der Waals surface area contributed by atoms with Crippen molar-refractivity contribution >= 4 is 51.1 Å². The number of aryl methyl sites for hydroxylation is 1. The van der Waals surface area contributed by atoms with Crippen molar-refractivity contribution in [3.63, 3.8) is 0 Å². The second-order valence-electron chi connectivity index (χ2n) is 7.49. The summed E-state index contributed by atoms with van der Waals surface area (Å²) in [6.07, 6.45) is 0.536. The summed E-state index contributed by atoms with van der Waals surface area (Å²) in [7, 11) is 0. The van der Waals surface area contributed by atoms with E-state index in [0.29, 0.717) is 55.9 Å². The monoisotopic (exact) mass is 478 g/mol. The predicted molar refractivity (Wildman–Crippen MR) is 124 cm³/mol. The standard InChI is InChI=1S/C22H24ClFN4O3S/c1-3-30-22(29)31-16-8-10-28(11-9-16)21-26-19(17-18(23)13(2)32-20(17)27-21)25-12-14-4-6-15(24)7-5-14/h4-7,16H,3,8-12H2,1-2H3,(H,25,26,27). The van der Waals surface area contributed by atoms with Gasteiger partial charge in [-0.2, -0.15) is 4.98 Å². The van der Waals surface area contributed by atoms with Crippen molar-refractivity contribution < 1.29 is 18.7 Å². The summed E-state index contributed by atoms with van der Waals surface area (Å²) in [6, 6.07) is 6.33. The van der Waals surface area contributed by atoms with Crippen LogP contribution in [0.2, 0.25) is 5.02 Å². The van der Waals surface area contributed by atoms with Crippen LogP contribution >= 0.6 is 22.9 Å². The smallest absolute Gasteiger partial charge is 0.435 e. The number of halogens is 2. The van der Waals surface area contributed by atoms with Crippen molar-refractivity contribution in [2.75, 3.05) is 29.9 Å². The number of carbonyl (C=O) groups excluding carboxylic acids is 1. The molecule has 1 aliphatic heterocycles.